The van der Waals surface area contributed by atoms with Crippen LogP contribution in [0, 0.1) is 0 Å². The van der Waals surface area contributed by atoms with Crippen LogP contribution in [0.3, 0.4) is 0 Å². The molecule has 0 aliphatic rings. The number of ether oxygens (including phenoxy) is 1. The maximum absolute atomic E-state index is 5.92. The van der Waals surface area contributed by atoms with Crippen LogP contribution in [0.15, 0.2) is 35.7 Å². The Morgan fingerprint density at radius 2 is 2.05 bits per heavy atom. The highest BCUT2D eigenvalue weighted by atomic mass is 35.5. The van der Waals surface area contributed by atoms with E-state index in [-0.39, 0.29) is 0 Å². The molecule has 2 nitrogen and oxygen atoms in total. The first kappa shape index (κ1) is 14.4. The lowest BCUT2D eigenvalue weighted by atomic mass is 10.0. The molecule has 1 aromatic carbocycles. The summed E-state index contributed by atoms with van der Waals surface area (Å²) in [5.74, 6) is 0.930. The van der Waals surface area contributed by atoms with Gasteiger partial charge in [-0.1, -0.05) is 30.7 Å². The fraction of sp³-hybridized carbons (Fsp3) is 0.333. The van der Waals surface area contributed by atoms with E-state index in [0.717, 1.165) is 23.7 Å². The van der Waals surface area contributed by atoms with Crippen LogP contribution in [0.1, 0.15) is 23.4 Å². The van der Waals surface area contributed by atoms with Gasteiger partial charge in [-0.15, -0.1) is 11.3 Å². The number of rotatable bonds is 6. The smallest absolute Gasteiger partial charge is 0.129 e. The van der Waals surface area contributed by atoms with Crippen molar-refractivity contribution in [2.24, 2.45) is 0 Å². The van der Waals surface area contributed by atoms with Crippen molar-refractivity contribution >= 4 is 22.9 Å². The largest absolute Gasteiger partial charge is 0.496 e. The molecule has 2 rings (SSSR count). The first-order valence-corrected chi connectivity index (χ1v) is 7.59. The third-order valence-corrected chi connectivity index (χ3v) is 4.26. The number of benzene rings is 1. The van der Waals surface area contributed by atoms with E-state index in [2.05, 4.69) is 30.4 Å². The Bertz CT molecular complexity index is 509. The maximum atomic E-state index is 5.92. The Morgan fingerprint density at radius 1 is 1.32 bits per heavy atom. The molecule has 0 saturated heterocycles. The zero-order valence-electron chi connectivity index (χ0n) is 11.2. The molecule has 0 aliphatic heterocycles. The molecular weight excluding hydrogens is 278 g/mol. The Kier molecular flexibility index (Phi) is 5.25. The first-order chi connectivity index (χ1) is 9.22. The SMILES string of the molecule is CCNC(Cc1ccc(Cl)cc1)c1cc(OC)cs1. The van der Waals surface area contributed by atoms with Crippen LogP contribution < -0.4 is 10.1 Å². The van der Waals surface area contributed by atoms with E-state index in [0.29, 0.717) is 6.04 Å². The molecule has 1 aromatic heterocycles. The standard InChI is InChI=1S/C15H18ClNOS/c1-3-17-14(15-9-13(18-2)10-19-15)8-11-4-6-12(16)7-5-11/h4-7,9-10,14,17H,3,8H2,1-2H3. The molecule has 0 aliphatic carbocycles. The van der Waals surface area contributed by atoms with Gasteiger partial charge in [-0.3, -0.25) is 0 Å². The van der Waals surface area contributed by atoms with E-state index in [1.165, 1.54) is 10.4 Å². The summed E-state index contributed by atoms with van der Waals surface area (Å²) in [6.45, 7) is 3.07. The van der Waals surface area contributed by atoms with Crippen LogP contribution in [-0.2, 0) is 6.42 Å². The van der Waals surface area contributed by atoms with Crippen LogP contribution in [0.25, 0.3) is 0 Å². The molecule has 0 spiro atoms. The predicted octanol–water partition coefficient (Wildman–Crippen LogP) is 4.30. The van der Waals surface area contributed by atoms with Gasteiger partial charge in [0, 0.05) is 21.3 Å². The average molecular weight is 296 g/mol. The monoisotopic (exact) mass is 295 g/mol. The van der Waals surface area contributed by atoms with Gasteiger partial charge in [-0.25, -0.2) is 0 Å². The molecule has 102 valence electrons. The quantitative estimate of drug-likeness (QED) is 0.858. The van der Waals surface area contributed by atoms with Crippen molar-refractivity contribution < 1.29 is 4.74 Å². The van der Waals surface area contributed by atoms with Gasteiger partial charge in [0.25, 0.3) is 0 Å². The van der Waals surface area contributed by atoms with Gasteiger partial charge in [0.2, 0.25) is 0 Å². The van der Waals surface area contributed by atoms with Crippen LogP contribution in [0.2, 0.25) is 5.02 Å². The number of hydrogen-bond acceptors (Lipinski definition) is 3. The highest BCUT2D eigenvalue weighted by Crippen LogP contribution is 2.29. The Morgan fingerprint density at radius 3 is 2.63 bits per heavy atom. The highest BCUT2D eigenvalue weighted by Gasteiger charge is 2.14. The van der Waals surface area contributed by atoms with Crippen LogP contribution in [0.4, 0.5) is 0 Å². The van der Waals surface area contributed by atoms with Crippen molar-refractivity contribution in [3.05, 3.63) is 51.2 Å². The van der Waals surface area contributed by atoms with Crippen LogP contribution in [0.5, 0.6) is 5.75 Å². The fourth-order valence-corrected chi connectivity index (χ4v) is 3.06. The summed E-state index contributed by atoms with van der Waals surface area (Å²) >= 11 is 7.65. The Balaban J connectivity index is 2.13. The van der Waals surface area contributed by atoms with Gasteiger partial charge in [-0.05, 0) is 36.7 Å². The minimum Gasteiger partial charge on any atom is -0.496 e. The summed E-state index contributed by atoms with van der Waals surface area (Å²) in [6, 6.07) is 10.5. The minimum atomic E-state index is 0.320. The predicted molar refractivity (Wildman–Crippen MR) is 82.4 cm³/mol. The second-order valence-corrected chi connectivity index (χ2v) is 5.71. The lowest BCUT2D eigenvalue weighted by Crippen LogP contribution is -2.22. The van der Waals surface area contributed by atoms with E-state index in [1.807, 2.05) is 17.5 Å². The first-order valence-electron chi connectivity index (χ1n) is 6.33. The number of thiophene rings is 1. The molecule has 1 unspecified atom stereocenters. The third kappa shape index (κ3) is 3.96. The molecule has 4 heteroatoms. The van der Waals surface area contributed by atoms with Gasteiger partial charge in [0.15, 0.2) is 0 Å². The highest BCUT2D eigenvalue weighted by molar-refractivity contribution is 7.10. The summed E-state index contributed by atoms with van der Waals surface area (Å²) in [6.07, 6.45) is 0.953. The number of likely N-dealkylation sites (N-methyl/N-ethyl adjacent to an activating group) is 1. The summed E-state index contributed by atoms with van der Waals surface area (Å²) in [5, 5.41) is 6.34. The molecule has 0 amide bonds. The molecule has 1 heterocycles. The molecule has 0 bridgehead atoms. The van der Waals surface area contributed by atoms with Gasteiger partial charge >= 0.3 is 0 Å². The van der Waals surface area contributed by atoms with Crippen molar-refractivity contribution in [3.63, 3.8) is 0 Å². The van der Waals surface area contributed by atoms with Crippen molar-refractivity contribution in [3.8, 4) is 5.75 Å². The van der Waals surface area contributed by atoms with Crippen molar-refractivity contribution in [1.29, 1.82) is 0 Å². The number of hydrogen-bond donors (Lipinski definition) is 1. The fourth-order valence-electron chi connectivity index (χ4n) is 2.00. The van der Waals surface area contributed by atoms with E-state index >= 15 is 0 Å². The molecule has 0 saturated carbocycles. The summed E-state index contributed by atoms with van der Waals surface area (Å²) in [7, 11) is 1.70. The average Bonchev–Trinajstić information content (AvgIpc) is 2.89. The summed E-state index contributed by atoms with van der Waals surface area (Å²) < 4.78 is 5.25. The normalized spacial score (nSPS) is 12.4. The number of methoxy groups -OCH3 is 1. The van der Waals surface area contributed by atoms with Crippen LogP contribution in [-0.4, -0.2) is 13.7 Å². The molecule has 2 aromatic rings. The molecular formula is C15H18ClNOS. The zero-order valence-corrected chi connectivity index (χ0v) is 12.7. The summed E-state index contributed by atoms with van der Waals surface area (Å²) in [5.41, 5.74) is 1.28. The molecule has 1 N–H and O–H groups in total. The Hall–Kier alpha value is -1.03. The van der Waals surface area contributed by atoms with E-state index in [1.54, 1.807) is 18.4 Å². The minimum absolute atomic E-state index is 0.320. The van der Waals surface area contributed by atoms with Crippen molar-refractivity contribution in [2.75, 3.05) is 13.7 Å². The van der Waals surface area contributed by atoms with Gasteiger partial charge in [0.05, 0.1) is 7.11 Å². The molecule has 1 atom stereocenters. The van der Waals surface area contributed by atoms with E-state index in [9.17, 15) is 0 Å². The lowest BCUT2D eigenvalue weighted by molar-refractivity contribution is 0.415. The second-order valence-electron chi connectivity index (χ2n) is 4.33. The lowest BCUT2D eigenvalue weighted by Gasteiger charge is -2.16. The molecule has 0 fully saturated rings. The van der Waals surface area contributed by atoms with Gasteiger partial charge in [0.1, 0.15) is 5.75 Å². The number of nitrogens with one attached hydrogen (secondary N) is 1. The van der Waals surface area contributed by atoms with Gasteiger partial charge < -0.3 is 10.1 Å². The van der Waals surface area contributed by atoms with Gasteiger partial charge in [-0.2, -0.15) is 0 Å². The number of halogens is 1. The van der Waals surface area contributed by atoms with E-state index < -0.39 is 0 Å². The maximum Gasteiger partial charge on any atom is 0.129 e. The zero-order chi connectivity index (χ0) is 13.7. The Labute approximate surface area is 123 Å². The van der Waals surface area contributed by atoms with Crippen molar-refractivity contribution in [1.82, 2.24) is 5.32 Å². The second kappa shape index (κ2) is 6.94. The van der Waals surface area contributed by atoms with Crippen LogP contribution >= 0.6 is 22.9 Å². The van der Waals surface area contributed by atoms with E-state index in [4.69, 9.17) is 16.3 Å². The van der Waals surface area contributed by atoms with Crippen molar-refractivity contribution in [2.45, 2.75) is 19.4 Å². The summed E-state index contributed by atoms with van der Waals surface area (Å²) in [4.78, 5) is 1.30. The molecule has 19 heavy (non-hydrogen) atoms. The molecule has 0 radical (unpaired) electrons. The third-order valence-electron chi connectivity index (χ3n) is 2.98. The topological polar surface area (TPSA) is 21.3 Å².